The predicted octanol–water partition coefficient (Wildman–Crippen LogP) is 2.02. The summed E-state index contributed by atoms with van der Waals surface area (Å²) in [5.74, 6) is 2.44. The molecule has 0 saturated heterocycles. The molecule has 0 fully saturated rings. The Morgan fingerprint density at radius 2 is 1.70 bits per heavy atom. The van der Waals surface area contributed by atoms with Gasteiger partial charge in [-0.1, -0.05) is 6.07 Å². The van der Waals surface area contributed by atoms with Crippen molar-refractivity contribution in [1.82, 2.24) is 19.9 Å². The number of sulfonamides is 1. The molecule has 0 saturated carbocycles. The zero-order valence-electron chi connectivity index (χ0n) is 16.5. The van der Waals surface area contributed by atoms with Gasteiger partial charge in [-0.05, 0) is 36.4 Å². The summed E-state index contributed by atoms with van der Waals surface area (Å²) in [4.78, 5) is 4.19. The Kier molecular flexibility index (Phi) is 6.99. The van der Waals surface area contributed by atoms with Crippen molar-refractivity contribution in [3.05, 3.63) is 54.7 Å². The van der Waals surface area contributed by atoms with Crippen LogP contribution in [0.25, 0.3) is 0 Å². The monoisotopic (exact) mass is 430 g/mol. The van der Waals surface area contributed by atoms with Gasteiger partial charge in [0, 0.05) is 25.4 Å². The molecule has 0 aliphatic carbocycles. The van der Waals surface area contributed by atoms with Crippen molar-refractivity contribution < 1.29 is 17.9 Å². The van der Waals surface area contributed by atoms with Crippen LogP contribution in [-0.4, -0.2) is 50.9 Å². The first kappa shape index (κ1) is 21.3. The van der Waals surface area contributed by atoms with E-state index < -0.39 is 10.0 Å². The Morgan fingerprint density at radius 3 is 2.37 bits per heavy atom. The molecule has 0 aliphatic heterocycles. The highest BCUT2D eigenvalue weighted by atomic mass is 32.2. The van der Waals surface area contributed by atoms with Crippen LogP contribution in [0.15, 0.2) is 59.6 Å². The third-order valence-electron chi connectivity index (χ3n) is 3.97. The van der Waals surface area contributed by atoms with Gasteiger partial charge in [0.05, 0.1) is 14.2 Å². The number of hydrogen-bond acceptors (Lipinski definition) is 9. The number of ether oxygens (including phenoxy) is 2. The summed E-state index contributed by atoms with van der Waals surface area (Å²) in [5.41, 5.74) is 0. The van der Waals surface area contributed by atoms with Crippen molar-refractivity contribution in [2.45, 2.75) is 4.90 Å². The maximum absolute atomic E-state index is 12.5. The third-order valence-corrected chi connectivity index (χ3v) is 5.47. The Balaban J connectivity index is 1.52. The van der Waals surface area contributed by atoms with Crippen LogP contribution in [0.2, 0.25) is 0 Å². The van der Waals surface area contributed by atoms with Crippen LogP contribution in [0.4, 0.5) is 17.5 Å². The molecule has 158 valence electrons. The summed E-state index contributed by atoms with van der Waals surface area (Å²) in [6, 6.07) is 13.5. The van der Waals surface area contributed by atoms with E-state index in [1.165, 1.54) is 26.4 Å². The van der Waals surface area contributed by atoms with Crippen LogP contribution < -0.4 is 24.8 Å². The highest BCUT2D eigenvalue weighted by Crippen LogP contribution is 2.28. The number of nitrogens with one attached hydrogen (secondary N) is 3. The lowest BCUT2D eigenvalue weighted by Gasteiger charge is -2.12. The molecule has 0 atom stereocenters. The third kappa shape index (κ3) is 5.55. The van der Waals surface area contributed by atoms with E-state index in [2.05, 4.69) is 30.5 Å². The summed E-state index contributed by atoms with van der Waals surface area (Å²) in [6.07, 6.45) is 1.67. The van der Waals surface area contributed by atoms with Gasteiger partial charge in [-0.3, -0.25) is 0 Å². The average Bonchev–Trinajstić information content (AvgIpc) is 2.78. The number of benzene rings is 1. The molecule has 0 bridgehead atoms. The first-order valence-corrected chi connectivity index (χ1v) is 10.5. The number of nitrogens with zero attached hydrogens (tertiary/aromatic N) is 3. The van der Waals surface area contributed by atoms with Gasteiger partial charge in [0.1, 0.15) is 28.0 Å². The number of methoxy groups -OCH3 is 2. The fourth-order valence-corrected chi connectivity index (χ4v) is 3.69. The number of anilines is 3. The topological polar surface area (TPSA) is 127 Å². The van der Waals surface area contributed by atoms with Gasteiger partial charge < -0.3 is 20.1 Å². The first-order chi connectivity index (χ1) is 14.5. The van der Waals surface area contributed by atoms with Gasteiger partial charge in [0.25, 0.3) is 0 Å². The Hall–Kier alpha value is -3.44. The van der Waals surface area contributed by atoms with Crippen LogP contribution >= 0.6 is 0 Å². The van der Waals surface area contributed by atoms with Crippen molar-refractivity contribution in [1.29, 1.82) is 0 Å². The molecule has 10 nitrogen and oxygen atoms in total. The van der Waals surface area contributed by atoms with E-state index in [1.54, 1.807) is 24.4 Å². The van der Waals surface area contributed by atoms with Gasteiger partial charge in [0.15, 0.2) is 5.82 Å². The van der Waals surface area contributed by atoms with E-state index in [0.29, 0.717) is 29.7 Å². The smallest absolute Gasteiger partial charge is 0.244 e. The number of hydrogen-bond donors (Lipinski definition) is 3. The molecule has 3 aromatic rings. The zero-order chi connectivity index (χ0) is 21.4. The van der Waals surface area contributed by atoms with Crippen LogP contribution in [0.5, 0.6) is 11.5 Å². The van der Waals surface area contributed by atoms with E-state index in [0.717, 1.165) is 0 Å². The summed E-state index contributed by atoms with van der Waals surface area (Å²) < 4.78 is 37.8. The molecule has 30 heavy (non-hydrogen) atoms. The van der Waals surface area contributed by atoms with Gasteiger partial charge in [-0.2, -0.15) is 0 Å². The molecule has 3 rings (SSSR count). The molecule has 2 heterocycles. The minimum Gasteiger partial charge on any atom is -0.497 e. The highest BCUT2D eigenvalue weighted by molar-refractivity contribution is 7.89. The summed E-state index contributed by atoms with van der Waals surface area (Å²) in [6.45, 7) is 0.465. The second kappa shape index (κ2) is 9.85. The van der Waals surface area contributed by atoms with Gasteiger partial charge in [0.2, 0.25) is 10.0 Å². The summed E-state index contributed by atoms with van der Waals surface area (Å²) >= 11 is 0. The molecule has 1 aromatic carbocycles. The summed E-state index contributed by atoms with van der Waals surface area (Å²) in [7, 11) is -0.847. The summed E-state index contributed by atoms with van der Waals surface area (Å²) in [5, 5.41) is 14.2. The minimum atomic E-state index is -3.75. The van der Waals surface area contributed by atoms with Crippen molar-refractivity contribution in [3.63, 3.8) is 0 Å². The van der Waals surface area contributed by atoms with Crippen LogP contribution in [0.1, 0.15) is 0 Å². The Labute approximate surface area is 174 Å². The van der Waals surface area contributed by atoms with Crippen LogP contribution in [-0.2, 0) is 10.0 Å². The maximum Gasteiger partial charge on any atom is 0.244 e. The number of aromatic nitrogens is 3. The first-order valence-electron chi connectivity index (χ1n) is 8.99. The molecule has 0 unspecified atom stereocenters. The molecular formula is C19H22N6O4S. The van der Waals surface area contributed by atoms with E-state index >= 15 is 0 Å². The van der Waals surface area contributed by atoms with Gasteiger partial charge >= 0.3 is 0 Å². The zero-order valence-corrected chi connectivity index (χ0v) is 17.3. The quantitative estimate of drug-likeness (QED) is 0.414. The maximum atomic E-state index is 12.5. The second-order valence-electron chi connectivity index (χ2n) is 5.99. The van der Waals surface area contributed by atoms with Gasteiger partial charge in [-0.15, -0.1) is 10.2 Å². The molecule has 2 aromatic heterocycles. The number of rotatable bonds is 10. The molecule has 0 amide bonds. The predicted molar refractivity (Wildman–Crippen MR) is 113 cm³/mol. The Morgan fingerprint density at radius 1 is 0.900 bits per heavy atom. The minimum absolute atomic E-state index is 0.0375. The lowest BCUT2D eigenvalue weighted by Crippen LogP contribution is -2.29. The molecular weight excluding hydrogens is 408 g/mol. The Bertz CT molecular complexity index is 1060. The van der Waals surface area contributed by atoms with Crippen molar-refractivity contribution in [2.24, 2.45) is 0 Å². The van der Waals surface area contributed by atoms with Crippen molar-refractivity contribution >= 4 is 27.5 Å². The van der Waals surface area contributed by atoms with E-state index in [4.69, 9.17) is 9.47 Å². The van der Waals surface area contributed by atoms with E-state index in [9.17, 15) is 8.42 Å². The molecule has 0 aliphatic rings. The van der Waals surface area contributed by atoms with Crippen LogP contribution in [0, 0.1) is 0 Å². The highest BCUT2D eigenvalue weighted by Gasteiger charge is 2.19. The normalized spacial score (nSPS) is 11.0. The van der Waals surface area contributed by atoms with Gasteiger partial charge in [-0.25, -0.2) is 18.1 Å². The van der Waals surface area contributed by atoms with E-state index in [-0.39, 0.29) is 17.2 Å². The molecule has 3 N–H and O–H groups in total. The fourth-order valence-electron chi connectivity index (χ4n) is 2.51. The lowest BCUT2D eigenvalue weighted by atomic mass is 10.3. The largest absolute Gasteiger partial charge is 0.497 e. The fraction of sp³-hybridized carbons (Fsp3) is 0.211. The van der Waals surface area contributed by atoms with Crippen LogP contribution in [0.3, 0.4) is 0 Å². The lowest BCUT2D eigenvalue weighted by molar-refractivity contribution is 0.386. The SMILES string of the molecule is COc1ccc(S(=O)(=O)NCCNc2ccc(Nc3ccccn3)nn2)c(OC)c1. The van der Waals surface area contributed by atoms with Crippen molar-refractivity contribution in [3.8, 4) is 11.5 Å². The average molecular weight is 430 g/mol. The van der Waals surface area contributed by atoms with E-state index in [1.807, 2.05) is 18.2 Å². The molecule has 0 radical (unpaired) electrons. The van der Waals surface area contributed by atoms with Crippen molar-refractivity contribution in [2.75, 3.05) is 37.9 Å². The standard InChI is InChI=1S/C19H22N6O4S/c1-28-14-6-7-16(15(13-14)29-2)30(26,27)22-12-11-21-18-8-9-19(25-24-18)23-17-5-3-4-10-20-17/h3-10,13,22H,11-12H2,1-2H3,(H,21,24)(H,20,23,25). The molecule has 0 spiro atoms. The number of pyridine rings is 1. The second-order valence-corrected chi connectivity index (χ2v) is 7.72. The molecule has 11 heteroatoms.